The van der Waals surface area contributed by atoms with Crippen molar-refractivity contribution >= 4 is 30.0 Å². The van der Waals surface area contributed by atoms with Crippen LogP contribution in [0.1, 0.15) is 12.5 Å². The fourth-order valence-electron chi connectivity index (χ4n) is 2.05. The third kappa shape index (κ3) is 3.70. The van der Waals surface area contributed by atoms with Crippen molar-refractivity contribution < 1.29 is 32.3 Å². The zero-order valence-electron chi connectivity index (χ0n) is 13.4. The Balaban J connectivity index is 2.64. The molecule has 2 rings (SSSR count). The van der Waals surface area contributed by atoms with E-state index in [9.17, 15) is 32.7 Å². The Labute approximate surface area is 150 Å². The van der Waals surface area contributed by atoms with Crippen LogP contribution in [0.5, 0.6) is 11.5 Å². The summed E-state index contributed by atoms with van der Waals surface area (Å²) in [6, 6.07) is 2.62. The van der Waals surface area contributed by atoms with Crippen molar-refractivity contribution in [1.29, 1.82) is 0 Å². The molecule has 0 saturated heterocycles. The number of hydrogen-bond acceptors (Lipinski definition) is 4. The lowest BCUT2D eigenvalue weighted by Crippen LogP contribution is -2.08. The molecule has 0 aliphatic carbocycles. The van der Waals surface area contributed by atoms with E-state index in [1.807, 2.05) is 0 Å². The van der Waals surface area contributed by atoms with Gasteiger partial charge in [-0.1, -0.05) is 18.5 Å². The second kappa shape index (κ2) is 7.26. The minimum Gasteiger partial charge on any atom is -0.452 e. The standard InChI is InChI=1S/C15H12ClF3NO5P/c1-3-26(23,24)10-5-8(20(21)22)4-9(6-10)25-15-11(16)12(17)7(2)13(18)14(15)19/h4-6H,3H2,1-2H3,(H,23,24). The number of nitro groups is 1. The van der Waals surface area contributed by atoms with Crippen LogP contribution in [-0.2, 0) is 4.57 Å². The van der Waals surface area contributed by atoms with Gasteiger partial charge in [-0.05, 0) is 13.0 Å². The molecule has 0 fully saturated rings. The lowest BCUT2D eigenvalue weighted by atomic mass is 10.2. The molecular weight excluding hydrogens is 398 g/mol. The Morgan fingerprint density at radius 2 is 1.85 bits per heavy atom. The summed E-state index contributed by atoms with van der Waals surface area (Å²) in [4.78, 5) is 20.0. The maximum atomic E-state index is 14.1. The molecule has 2 aromatic carbocycles. The zero-order chi connectivity index (χ0) is 19.8. The van der Waals surface area contributed by atoms with E-state index in [2.05, 4.69) is 0 Å². The normalized spacial score (nSPS) is 13.3. The fraction of sp³-hybridized carbons (Fsp3) is 0.200. The summed E-state index contributed by atoms with van der Waals surface area (Å²) >= 11 is 5.64. The van der Waals surface area contributed by atoms with E-state index in [-0.39, 0.29) is 11.5 Å². The van der Waals surface area contributed by atoms with Gasteiger partial charge >= 0.3 is 0 Å². The van der Waals surface area contributed by atoms with Gasteiger partial charge in [-0.3, -0.25) is 14.7 Å². The molecule has 1 atom stereocenters. The predicted octanol–water partition coefficient (Wildman–Crippen LogP) is 4.68. The molecule has 0 aromatic heterocycles. The molecule has 0 amide bonds. The highest BCUT2D eigenvalue weighted by atomic mass is 35.5. The SMILES string of the molecule is CCP(=O)(O)c1cc(Oc2c(F)c(F)c(C)c(F)c2Cl)cc([N+](=O)[O-])c1. The van der Waals surface area contributed by atoms with Gasteiger partial charge < -0.3 is 9.63 Å². The van der Waals surface area contributed by atoms with Crippen molar-refractivity contribution in [2.45, 2.75) is 13.8 Å². The van der Waals surface area contributed by atoms with E-state index >= 15 is 0 Å². The van der Waals surface area contributed by atoms with Crippen LogP contribution < -0.4 is 10.0 Å². The van der Waals surface area contributed by atoms with Crippen molar-refractivity contribution in [3.05, 3.63) is 56.4 Å². The Kier molecular flexibility index (Phi) is 5.65. The number of non-ortho nitro benzene ring substituents is 1. The lowest BCUT2D eigenvalue weighted by molar-refractivity contribution is -0.384. The van der Waals surface area contributed by atoms with Crippen LogP contribution in [-0.4, -0.2) is 16.0 Å². The van der Waals surface area contributed by atoms with Gasteiger partial charge in [0.15, 0.2) is 17.4 Å². The summed E-state index contributed by atoms with van der Waals surface area (Å²) in [6.45, 7) is 2.36. The second-order valence-electron chi connectivity index (χ2n) is 5.27. The number of ether oxygens (including phenoxy) is 1. The summed E-state index contributed by atoms with van der Waals surface area (Å²) in [5, 5.41) is 9.83. The van der Waals surface area contributed by atoms with E-state index in [1.54, 1.807) is 0 Å². The molecule has 26 heavy (non-hydrogen) atoms. The monoisotopic (exact) mass is 409 g/mol. The molecule has 0 saturated carbocycles. The predicted molar refractivity (Wildman–Crippen MR) is 89.2 cm³/mol. The van der Waals surface area contributed by atoms with E-state index in [0.29, 0.717) is 0 Å². The number of nitrogens with zero attached hydrogens (tertiary/aromatic N) is 1. The van der Waals surface area contributed by atoms with E-state index in [4.69, 9.17) is 16.3 Å². The first-order valence-electron chi connectivity index (χ1n) is 7.11. The molecule has 1 unspecified atom stereocenters. The second-order valence-corrected chi connectivity index (χ2v) is 8.20. The largest absolute Gasteiger partial charge is 0.452 e. The van der Waals surface area contributed by atoms with Gasteiger partial charge in [0.25, 0.3) is 5.69 Å². The molecule has 1 N–H and O–H groups in total. The number of hydrogen-bond donors (Lipinski definition) is 1. The number of benzene rings is 2. The molecule has 0 aliphatic rings. The molecule has 2 aromatic rings. The molecule has 6 nitrogen and oxygen atoms in total. The summed E-state index contributed by atoms with van der Waals surface area (Å²) < 4.78 is 58.7. The highest BCUT2D eigenvalue weighted by Crippen LogP contribution is 2.42. The zero-order valence-corrected chi connectivity index (χ0v) is 15.1. The molecule has 0 radical (unpaired) electrons. The smallest absolute Gasteiger partial charge is 0.273 e. The van der Waals surface area contributed by atoms with Crippen LogP contribution >= 0.6 is 19.0 Å². The molecule has 0 bridgehead atoms. The van der Waals surface area contributed by atoms with E-state index < -0.39 is 57.5 Å². The van der Waals surface area contributed by atoms with Gasteiger partial charge in [-0.25, -0.2) is 8.78 Å². The van der Waals surface area contributed by atoms with Crippen molar-refractivity contribution in [3.63, 3.8) is 0 Å². The maximum Gasteiger partial charge on any atom is 0.273 e. The van der Waals surface area contributed by atoms with Gasteiger partial charge in [0.1, 0.15) is 10.8 Å². The van der Waals surface area contributed by atoms with Crippen molar-refractivity contribution in [1.82, 2.24) is 0 Å². The first-order chi connectivity index (χ1) is 12.0. The molecule has 0 aliphatic heterocycles. The van der Waals surface area contributed by atoms with Crippen LogP contribution in [0, 0.1) is 34.5 Å². The first kappa shape index (κ1) is 20.2. The van der Waals surface area contributed by atoms with Crippen molar-refractivity contribution in [2.75, 3.05) is 6.16 Å². The average Bonchev–Trinajstić information content (AvgIpc) is 2.61. The third-order valence-electron chi connectivity index (χ3n) is 3.58. The molecule has 140 valence electrons. The highest BCUT2D eigenvalue weighted by Gasteiger charge is 2.26. The number of rotatable bonds is 5. The van der Waals surface area contributed by atoms with Crippen LogP contribution in [0.4, 0.5) is 18.9 Å². The topological polar surface area (TPSA) is 89.7 Å². The van der Waals surface area contributed by atoms with Crippen LogP contribution in [0.2, 0.25) is 5.02 Å². The van der Waals surface area contributed by atoms with Crippen LogP contribution in [0.3, 0.4) is 0 Å². The summed E-state index contributed by atoms with van der Waals surface area (Å²) in [5.74, 6) is -5.88. The minimum absolute atomic E-state index is 0.226. The quantitative estimate of drug-likeness (QED) is 0.335. The van der Waals surface area contributed by atoms with E-state index in [0.717, 1.165) is 25.1 Å². The van der Waals surface area contributed by atoms with Gasteiger partial charge in [-0.15, -0.1) is 0 Å². The van der Waals surface area contributed by atoms with Crippen LogP contribution in [0.25, 0.3) is 0 Å². The number of nitro benzene ring substituents is 1. The molecule has 0 spiro atoms. The Hall–Kier alpha value is -2.09. The molecular formula is C15H12ClF3NO5P. The summed E-state index contributed by atoms with van der Waals surface area (Å²) in [5.41, 5.74) is -1.28. The Morgan fingerprint density at radius 3 is 2.38 bits per heavy atom. The van der Waals surface area contributed by atoms with Gasteiger partial charge in [0.2, 0.25) is 13.2 Å². The fourth-order valence-corrected chi connectivity index (χ4v) is 3.34. The molecule has 11 heteroatoms. The number of halogens is 4. The van der Waals surface area contributed by atoms with Crippen molar-refractivity contribution in [2.24, 2.45) is 0 Å². The van der Waals surface area contributed by atoms with E-state index in [1.165, 1.54) is 6.92 Å². The van der Waals surface area contributed by atoms with Gasteiger partial charge in [0, 0.05) is 23.1 Å². The molecule has 0 heterocycles. The summed E-state index contributed by atoms with van der Waals surface area (Å²) in [6.07, 6.45) is -0.226. The van der Waals surface area contributed by atoms with Crippen LogP contribution in [0.15, 0.2) is 18.2 Å². The first-order valence-corrected chi connectivity index (χ1v) is 9.34. The Bertz CT molecular complexity index is 924. The average molecular weight is 410 g/mol. The Morgan fingerprint density at radius 1 is 1.23 bits per heavy atom. The minimum atomic E-state index is -3.93. The third-order valence-corrected chi connectivity index (χ3v) is 5.84. The highest BCUT2D eigenvalue weighted by molar-refractivity contribution is 7.66. The van der Waals surface area contributed by atoms with Gasteiger partial charge in [-0.2, -0.15) is 4.39 Å². The van der Waals surface area contributed by atoms with Gasteiger partial charge in [0.05, 0.1) is 11.0 Å². The lowest BCUT2D eigenvalue weighted by Gasteiger charge is -2.14. The maximum absolute atomic E-state index is 14.1. The van der Waals surface area contributed by atoms with Crippen molar-refractivity contribution in [3.8, 4) is 11.5 Å². The summed E-state index contributed by atoms with van der Waals surface area (Å²) in [7, 11) is -3.93.